The van der Waals surface area contributed by atoms with E-state index in [2.05, 4.69) is 30.8 Å². The fourth-order valence-electron chi connectivity index (χ4n) is 3.38. The van der Waals surface area contributed by atoms with E-state index in [0.717, 1.165) is 0 Å². The molecule has 0 atom stereocenters. The highest BCUT2D eigenvalue weighted by molar-refractivity contribution is 6.18. The molecule has 0 radical (unpaired) electrons. The van der Waals surface area contributed by atoms with Crippen molar-refractivity contribution in [2.75, 3.05) is 17.7 Å². The van der Waals surface area contributed by atoms with Crippen LogP contribution in [0.2, 0.25) is 0 Å². The van der Waals surface area contributed by atoms with Gasteiger partial charge in [0.25, 0.3) is 11.8 Å². The number of rotatable bonds is 9. The van der Waals surface area contributed by atoms with Gasteiger partial charge in [-0.15, -0.1) is 0 Å². The standard InChI is InChI=1S/C26H24N8O3/c1-37-21-13-20(11-12-29-21)31-25-22(24(28)35)23(33-34-25)16-7-9-19(10-8-16)32-26(36)17(14-27)15-30-18-5-3-2-4-6-18/h2-15H,27H2,1H3,(H2,28,35)(H,32,36)(H2,29,31,33,34). The van der Waals surface area contributed by atoms with Gasteiger partial charge in [0.1, 0.15) is 5.56 Å². The summed E-state index contributed by atoms with van der Waals surface area (Å²) in [6.45, 7) is 0. The Morgan fingerprint density at radius 2 is 1.81 bits per heavy atom. The van der Waals surface area contributed by atoms with Gasteiger partial charge in [0.15, 0.2) is 5.82 Å². The number of hydrogen-bond donors (Lipinski definition) is 5. The van der Waals surface area contributed by atoms with Crippen LogP contribution in [0.5, 0.6) is 5.88 Å². The Labute approximate surface area is 212 Å². The van der Waals surface area contributed by atoms with Crippen LogP contribution in [0.3, 0.4) is 0 Å². The van der Waals surface area contributed by atoms with Crippen molar-refractivity contribution in [3.63, 3.8) is 0 Å². The Bertz CT molecular complexity index is 1460. The number of anilines is 3. The monoisotopic (exact) mass is 496 g/mol. The van der Waals surface area contributed by atoms with Crippen molar-refractivity contribution in [1.29, 1.82) is 0 Å². The molecule has 2 amide bonds. The van der Waals surface area contributed by atoms with Crippen molar-refractivity contribution in [3.8, 4) is 17.1 Å². The molecular weight excluding hydrogens is 472 g/mol. The van der Waals surface area contributed by atoms with E-state index in [-0.39, 0.29) is 17.0 Å². The molecule has 37 heavy (non-hydrogen) atoms. The maximum absolute atomic E-state index is 12.6. The minimum absolute atomic E-state index is 0.179. The summed E-state index contributed by atoms with van der Waals surface area (Å²) in [5.41, 5.74) is 14.5. The van der Waals surface area contributed by atoms with Crippen molar-refractivity contribution in [1.82, 2.24) is 15.2 Å². The number of nitrogens with two attached hydrogens (primary N) is 2. The first-order valence-corrected chi connectivity index (χ1v) is 11.1. The zero-order chi connectivity index (χ0) is 26.2. The number of amides is 2. The maximum Gasteiger partial charge on any atom is 0.258 e. The van der Waals surface area contributed by atoms with Crippen molar-refractivity contribution in [2.24, 2.45) is 16.5 Å². The molecular formula is C26H24N8O3. The molecule has 11 nitrogen and oxygen atoms in total. The van der Waals surface area contributed by atoms with Crippen LogP contribution < -0.4 is 26.8 Å². The normalized spacial score (nSPS) is 11.3. The Morgan fingerprint density at radius 1 is 1.05 bits per heavy atom. The summed E-state index contributed by atoms with van der Waals surface area (Å²) in [6.07, 6.45) is 4.15. The van der Waals surface area contributed by atoms with Gasteiger partial charge in [0, 0.05) is 41.6 Å². The Morgan fingerprint density at radius 3 is 2.49 bits per heavy atom. The van der Waals surface area contributed by atoms with Crippen molar-refractivity contribution >= 4 is 40.9 Å². The maximum atomic E-state index is 12.6. The summed E-state index contributed by atoms with van der Waals surface area (Å²) < 4.78 is 5.12. The van der Waals surface area contributed by atoms with Gasteiger partial charge in [0.2, 0.25) is 5.88 Å². The number of nitrogens with one attached hydrogen (secondary N) is 3. The highest BCUT2D eigenvalue weighted by Gasteiger charge is 2.20. The number of aromatic amines is 1. The number of primary amides is 1. The molecule has 186 valence electrons. The lowest BCUT2D eigenvalue weighted by molar-refractivity contribution is -0.112. The molecule has 0 saturated carbocycles. The van der Waals surface area contributed by atoms with Crippen LogP contribution >= 0.6 is 0 Å². The molecule has 0 fully saturated rings. The number of nitrogens with zero attached hydrogens (tertiary/aromatic N) is 3. The van der Waals surface area contributed by atoms with Crippen LogP contribution in [0.4, 0.5) is 22.9 Å². The summed E-state index contributed by atoms with van der Waals surface area (Å²) >= 11 is 0. The minimum Gasteiger partial charge on any atom is -0.481 e. The lowest BCUT2D eigenvalue weighted by Crippen LogP contribution is -2.16. The number of para-hydroxylation sites is 1. The number of aromatic nitrogens is 3. The van der Waals surface area contributed by atoms with E-state index in [9.17, 15) is 9.59 Å². The van der Waals surface area contributed by atoms with Crippen LogP contribution in [0.1, 0.15) is 10.4 Å². The van der Waals surface area contributed by atoms with Gasteiger partial charge in [-0.3, -0.25) is 19.7 Å². The van der Waals surface area contributed by atoms with E-state index >= 15 is 0 Å². The van der Waals surface area contributed by atoms with Crippen molar-refractivity contribution in [2.45, 2.75) is 0 Å². The molecule has 4 rings (SSSR count). The molecule has 2 aromatic heterocycles. The van der Waals surface area contributed by atoms with Gasteiger partial charge >= 0.3 is 0 Å². The predicted molar refractivity (Wildman–Crippen MR) is 142 cm³/mol. The third-order valence-electron chi connectivity index (χ3n) is 5.20. The molecule has 0 aliphatic heterocycles. The number of aliphatic imine (C=N–C) groups is 1. The first kappa shape index (κ1) is 24.7. The molecule has 2 heterocycles. The third-order valence-corrected chi connectivity index (χ3v) is 5.20. The summed E-state index contributed by atoms with van der Waals surface area (Å²) in [6, 6.07) is 19.4. The van der Waals surface area contributed by atoms with E-state index in [4.69, 9.17) is 16.2 Å². The average Bonchev–Trinajstić information content (AvgIpc) is 3.34. The second kappa shape index (κ2) is 11.3. The van der Waals surface area contributed by atoms with E-state index < -0.39 is 11.8 Å². The zero-order valence-corrected chi connectivity index (χ0v) is 19.8. The minimum atomic E-state index is -0.667. The largest absolute Gasteiger partial charge is 0.481 e. The molecule has 0 bridgehead atoms. The number of pyridine rings is 1. The number of carbonyl (C=O) groups excluding carboxylic acids is 2. The highest BCUT2D eigenvalue weighted by atomic mass is 16.5. The number of benzene rings is 2. The number of methoxy groups -OCH3 is 1. The van der Waals surface area contributed by atoms with Gasteiger partial charge in [-0.1, -0.05) is 30.3 Å². The first-order chi connectivity index (χ1) is 18.0. The lowest BCUT2D eigenvalue weighted by atomic mass is 10.1. The van der Waals surface area contributed by atoms with Gasteiger partial charge in [-0.05, 0) is 30.3 Å². The topological polar surface area (TPSA) is 173 Å². The molecule has 0 aliphatic rings. The highest BCUT2D eigenvalue weighted by Crippen LogP contribution is 2.30. The van der Waals surface area contributed by atoms with Crippen LogP contribution in [0.15, 0.2) is 89.7 Å². The number of carbonyl (C=O) groups is 2. The van der Waals surface area contributed by atoms with Gasteiger partial charge in [-0.25, -0.2) is 4.98 Å². The summed E-state index contributed by atoms with van der Waals surface area (Å²) in [5.74, 6) is -0.435. The fourth-order valence-corrected chi connectivity index (χ4v) is 3.38. The van der Waals surface area contributed by atoms with Crippen LogP contribution in [0, 0.1) is 0 Å². The molecule has 0 aliphatic carbocycles. The van der Waals surface area contributed by atoms with Crippen LogP contribution in [-0.2, 0) is 4.79 Å². The molecule has 0 saturated heterocycles. The fraction of sp³-hybridized carbons (Fsp3) is 0.0385. The second-order valence-corrected chi connectivity index (χ2v) is 7.65. The van der Waals surface area contributed by atoms with Gasteiger partial charge in [-0.2, -0.15) is 5.10 Å². The molecule has 7 N–H and O–H groups in total. The quantitative estimate of drug-likeness (QED) is 0.174. The number of hydrogen-bond acceptors (Lipinski definition) is 8. The van der Waals surface area contributed by atoms with Gasteiger partial charge < -0.3 is 26.8 Å². The average molecular weight is 497 g/mol. The molecule has 4 aromatic rings. The smallest absolute Gasteiger partial charge is 0.258 e. The zero-order valence-electron chi connectivity index (χ0n) is 19.8. The van der Waals surface area contributed by atoms with Crippen molar-refractivity contribution < 1.29 is 14.3 Å². The van der Waals surface area contributed by atoms with Crippen LogP contribution in [0.25, 0.3) is 11.3 Å². The van der Waals surface area contributed by atoms with E-state index in [1.54, 1.807) is 42.6 Å². The third kappa shape index (κ3) is 5.98. The van der Waals surface area contributed by atoms with E-state index in [0.29, 0.717) is 34.2 Å². The first-order valence-electron chi connectivity index (χ1n) is 11.1. The predicted octanol–water partition coefficient (Wildman–Crippen LogP) is 3.51. The number of H-pyrrole nitrogens is 1. The summed E-state index contributed by atoms with van der Waals surface area (Å²) in [4.78, 5) is 33.2. The Hall–Kier alpha value is -5.45. The van der Waals surface area contributed by atoms with E-state index in [1.807, 2.05) is 30.3 Å². The molecule has 0 unspecified atom stereocenters. The van der Waals surface area contributed by atoms with E-state index in [1.165, 1.54) is 19.5 Å². The Balaban J connectivity index is 1.50. The van der Waals surface area contributed by atoms with Crippen LogP contribution in [-0.4, -0.2) is 40.3 Å². The van der Waals surface area contributed by atoms with Crippen molar-refractivity contribution in [3.05, 3.63) is 90.3 Å². The lowest BCUT2D eigenvalue weighted by Gasteiger charge is -2.08. The Kier molecular flexibility index (Phi) is 7.55. The molecule has 2 aromatic carbocycles. The summed E-state index contributed by atoms with van der Waals surface area (Å²) in [5, 5.41) is 12.9. The number of ether oxygens (including phenoxy) is 1. The molecule has 0 spiro atoms. The molecule has 11 heteroatoms. The van der Waals surface area contributed by atoms with Gasteiger partial charge in [0.05, 0.1) is 24.1 Å². The summed E-state index contributed by atoms with van der Waals surface area (Å²) in [7, 11) is 1.51. The second-order valence-electron chi connectivity index (χ2n) is 7.65. The SMILES string of the molecule is COc1cc(Nc2n[nH]c(-c3ccc(NC(=O)C(C=Nc4ccccc4)=CN)cc3)c2C(N)=O)ccn1.